The summed E-state index contributed by atoms with van der Waals surface area (Å²) in [7, 11) is -5.13. The van der Waals surface area contributed by atoms with Gasteiger partial charge in [0.2, 0.25) is 5.91 Å². The molecular weight excluding hydrogens is 246 g/mol. The highest BCUT2D eigenvalue weighted by Crippen LogP contribution is 2.54. The Morgan fingerprint density at radius 1 is 1.25 bits per heavy atom. The zero-order valence-corrected chi connectivity index (χ0v) is 12.6. The third-order valence-electron chi connectivity index (χ3n) is 1.68. The first-order valence-corrected chi connectivity index (χ1v) is 10.7. The first-order chi connectivity index (χ1) is 7.25. The van der Waals surface area contributed by atoms with Gasteiger partial charge in [-0.1, -0.05) is 25.3 Å². The number of hydrogen-bond donors (Lipinski definition) is 0. The van der Waals surface area contributed by atoms with Crippen LogP contribution in [0.15, 0.2) is 11.8 Å². The lowest BCUT2D eigenvalue weighted by Crippen LogP contribution is -2.17. The Kier molecular flexibility index (Phi) is 6.71. The molecule has 0 rings (SSSR count). The van der Waals surface area contributed by atoms with E-state index in [0.29, 0.717) is 0 Å². The second-order valence-corrected chi connectivity index (χ2v) is 11.6. The van der Waals surface area contributed by atoms with Crippen LogP contribution in [0.5, 0.6) is 0 Å². The Morgan fingerprint density at radius 3 is 2.00 bits per heavy atom. The number of halogens is 1. The van der Waals surface area contributed by atoms with Gasteiger partial charge < -0.3 is 9.05 Å². The van der Waals surface area contributed by atoms with Gasteiger partial charge in [-0.05, 0) is 19.9 Å². The van der Waals surface area contributed by atoms with Crippen molar-refractivity contribution in [2.75, 3.05) is 13.2 Å². The van der Waals surface area contributed by atoms with Crippen LogP contribution in [-0.2, 0) is 13.6 Å². The molecule has 0 spiro atoms. The minimum atomic E-state index is -3.63. The van der Waals surface area contributed by atoms with E-state index >= 15 is 0 Å². The SMILES string of the molecule is CCOP(=O)(OCC)C(F)/C=C\[Si](C)(C)C. The Labute approximate surface area is 98.6 Å². The van der Waals surface area contributed by atoms with Crippen LogP contribution in [0.3, 0.4) is 0 Å². The predicted molar refractivity (Wildman–Crippen MR) is 68.2 cm³/mol. The van der Waals surface area contributed by atoms with Crippen molar-refractivity contribution in [2.24, 2.45) is 0 Å². The molecule has 3 nitrogen and oxygen atoms in total. The summed E-state index contributed by atoms with van der Waals surface area (Å²) in [6, 6.07) is 0. The van der Waals surface area contributed by atoms with E-state index in [-0.39, 0.29) is 13.2 Å². The van der Waals surface area contributed by atoms with E-state index in [1.807, 2.05) is 5.70 Å². The molecule has 0 aromatic rings. The van der Waals surface area contributed by atoms with Gasteiger partial charge in [0.05, 0.1) is 21.3 Å². The summed E-state index contributed by atoms with van der Waals surface area (Å²) < 4.78 is 35.6. The fourth-order valence-corrected chi connectivity index (χ4v) is 3.30. The molecule has 1 atom stereocenters. The first kappa shape index (κ1) is 16.0. The van der Waals surface area contributed by atoms with Gasteiger partial charge >= 0.3 is 7.60 Å². The van der Waals surface area contributed by atoms with Crippen molar-refractivity contribution in [1.29, 1.82) is 0 Å². The maximum atomic E-state index is 13.8. The standard InChI is InChI=1S/C10H22FO3PSi/c1-6-13-15(12,14-7-2)10(11)8-9-16(3,4)5/h8-10H,6-7H2,1-5H3/b9-8-. The largest absolute Gasteiger partial charge is 0.368 e. The van der Waals surface area contributed by atoms with Crippen LogP contribution in [0, 0.1) is 0 Å². The third-order valence-corrected chi connectivity index (χ3v) is 4.88. The van der Waals surface area contributed by atoms with Crippen LogP contribution in [0.1, 0.15) is 13.8 Å². The number of hydrogen-bond acceptors (Lipinski definition) is 3. The van der Waals surface area contributed by atoms with E-state index in [9.17, 15) is 8.96 Å². The summed E-state index contributed by atoms with van der Waals surface area (Å²) in [6.07, 6.45) is 1.32. The molecule has 0 N–H and O–H groups in total. The Balaban J connectivity index is 4.69. The first-order valence-electron chi connectivity index (χ1n) is 5.47. The third kappa shape index (κ3) is 5.94. The average molecular weight is 268 g/mol. The molecule has 6 heteroatoms. The number of allylic oxidation sites excluding steroid dienone is 1. The molecule has 0 aliphatic carbocycles. The molecule has 0 fully saturated rings. The maximum absolute atomic E-state index is 13.8. The zero-order chi connectivity index (χ0) is 12.8. The Bertz CT molecular complexity index is 266. The number of rotatable bonds is 7. The normalized spacial score (nSPS) is 15.6. The van der Waals surface area contributed by atoms with Gasteiger partial charge in [-0.15, -0.1) is 0 Å². The highest BCUT2D eigenvalue weighted by molar-refractivity contribution is 7.54. The molecule has 0 aliphatic heterocycles. The molecular formula is C10H22FO3PSi. The van der Waals surface area contributed by atoms with Crippen LogP contribution in [0.4, 0.5) is 4.39 Å². The predicted octanol–water partition coefficient (Wildman–Crippen LogP) is 3.98. The van der Waals surface area contributed by atoms with Gasteiger partial charge in [0.15, 0.2) is 0 Å². The molecule has 0 aliphatic rings. The minimum Gasteiger partial charge on any atom is -0.307 e. The fourth-order valence-electron chi connectivity index (χ4n) is 1.01. The molecule has 96 valence electrons. The van der Waals surface area contributed by atoms with Crippen LogP contribution in [0.2, 0.25) is 19.6 Å². The van der Waals surface area contributed by atoms with Gasteiger partial charge in [0.1, 0.15) is 0 Å². The molecule has 0 aromatic heterocycles. The van der Waals surface area contributed by atoms with Crippen molar-refractivity contribution in [1.82, 2.24) is 0 Å². The van der Waals surface area contributed by atoms with Crippen molar-refractivity contribution in [3.63, 3.8) is 0 Å². The monoisotopic (exact) mass is 268 g/mol. The quantitative estimate of drug-likeness (QED) is 0.517. The topological polar surface area (TPSA) is 35.5 Å². The highest BCUT2D eigenvalue weighted by Gasteiger charge is 2.34. The summed E-state index contributed by atoms with van der Waals surface area (Å²) in [4.78, 5) is 0. The van der Waals surface area contributed by atoms with Crippen LogP contribution in [-0.4, -0.2) is 27.2 Å². The Hall–Kier alpha value is 0.0369. The second-order valence-electron chi connectivity index (χ2n) is 4.47. The van der Waals surface area contributed by atoms with E-state index in [4.69, 9.17) is 9.05 Å². The summed E-state index contributed by atoms with van der Waals surface area (Å²) in [5, 5.41) is 0. The van der Waals surface area contributed by atoms with Crippen LogP contribution < -0.4 is 0 Å². The van der Waals surface area contributed by atoms with Crippen molar-refractivity contribution >= 4 is 15.7 Å². The molecule has 0 saturated carbocycles. The van der Waals surface area contributed by atoms with Crippen LogP contribution in [0.25, 0.3) is 0 Å². The van der Waals surface area contributed by atoms with Gasteiger partial charge in [-0.2, -0.15) is 0 Å². The van der Waals surface area contributed by atoms with E-state index in [1.54, 1.807) is 13.8 Å². The van der Waals surface area contributed by atoms with E-state index in [2.05, 4.69) is 19.6 Å². The lowest BCUT2D eigenvalue weighted by Gasteiger charge is -2.19. The smallest absolute Gasteiger partial charge is 0.307 e. The lowest BCUT2D eigenvalue weighted by molar-refractivity contribution is 0.199. The maximum Gasteiger partial charge on any atom is 0.368 e. The van der Waals surface area contributed by atoms with Gasteiger partial charge in [-0.25, -0.2) is 4.39 Å². The average Bonchev–Trinajstić information content (AvgIpc) is 2.13. The van der Waals surface area contributed by atoms with Gasteiger partial charge in [0, 0.05) is 0 Å². The summed E-state index contributed by atoms with van der Waals surface area (Å²) >= 11 is 0. The second kappa shape index (κ2) is 6.69. The molecule has 0 bridgehead atoms. The van der Waals surface area contributed by atoms with Gasteiger partial charge in [0.25, 0.3) is 0 Å². The molecule has 16 heavy (non-hydrogen) atoms. The van der Waals surface area contributed by atoms with E-state index in [0.717, 1.165) is 0 Å². The zero-order valence-electron chi connectivity index (χ0n) is 10.7. The summed E-state index contributed by atoms with van der Waals surface area (Å²) in [6.45, 7) is 9.91. The highest BCUT2D eigenvalue weighted by atomic mass is 31.2. The molecule has 0 radical (unpaired) electrons. The van der Waals surface area contributed by atoms with Crippen LogP contribution >= 0.6 is 7.60 Å². The van der Waals surface area contributed by atoms with Crippen molar-refractivity contribution in [3.8, 4) is 0 Å². The lowest BCUT2D eigenvalue weighted by atomic mass is 10.7. The van der Waals surface area contributed by atoms with Crippen molar-refractivity contribution in [2.45, 2.75) is 39.4 Å². The summed E-state index contributed by atoms with van der Waals surface area (Å²) in [5.74, 6) is -1.67. The molecule has 0 saturated heterocycles. The molecule has 1 unspecified atom stereocenters. The molecule has 0 heterocycles. The number of alkyl halides is 1. The van der Waals surface area contributed by atoms with Crippen molar-refractivity contribution in [3.05, 3.63) is 11.8 Å². The minimum absolute atomic E-state index is 0.179. The van der Waals surface area contributed by atoms with E-state index in [1.165, 1.54) is 6.08 Å². The molecule has 0 amide bonds. The van der Waals surface area contributed by atoms with Gasteiger partial charge in [-0.3, -0.25) is 4.57 Å². The van der Waals surface area contributed by atoms with Crippen molar-refractivity contribution < 1.29 is 18.0 Å². The van der Waals surface area contributed by atoms with E-state index < -0.39 is 21.6 Å². The molecule has 0 aromatic carbocycles. The Morgan fingerprint density at radius 2 is 1.69 bits per heavy atom. The summed E-state index contributed by atoms with van der Waals surface area (Å²) in [5.41, 5.74) is 1.81. The fraction of sp³-hybridized carbons (Fsp3) is 0.800.